The third-order valence-corrected chi connectivity index (χ3v) is 52.7. The molecule has 130 valence electrons. The lowest BCUT2D eigenvalue weighted by atomic mass is 10.2. The molecule has 0 aromatic rings. The summed E-state index contributed by atoms with van der Waals surface area (Å²) < 4.78 is 0. The molecule has 0 fully saturated rings. The molecule has 0 saturated heterocycles. The van der Waals surface area contributed by atoms with Crippen LogP contribution in [0.1, 0.15) is 41.5 Å². The van der Waals surface area contributed by atoms with E-state index in [1.807, 2.05) is 0 Å². The summed E-state index contributed by atoms with van der Waals surface area (Å²) in [5, 5.41) is 0.856. The topological polar surface area (TPSA) is 0 Å². The lowest BCUT2D eigenvalue weighted by molar-refractivity contribution is 0.725. The van der Waals surface area contributed by atoms with Crippen LogP contribution in [-0.2, 0) is 0 Å². The molecule has 22 heavy (non-hydrogen) atoms. The molecule has 0 unspecified atom stereocenters. The summed E-state index contributed by atoms with van der Waals surface area (Å²) in [6, 6.07) is 0. The molecular formula is C18H42Si4. The predicted octanol–water partition coefficient (Wildman–Crippen LogP) is 6.66. The maximum absolute atomic E-state index is 4.10. The summed E-state index contributed by atoms with van der Waals surface area (Å²) in [6.45, 7) is 35.3. The Hall–Kier alpha value is 0.428. The summed E-state index contributed by atoms with van der Waals surface area (Å²) in [5.41, 5.74) is 7.94. The number of rotatable bonds is 2. The Labute approximate surface area is 145 Å². The van der Waals surface area contributed by atoms with Gasteiger partial charge in [0.05, 0.1) is 15.2 Å². The van der Waals surface area contributed by atoms with Crippen LogP contribution in [0.4, 0.5) is 0 Å². The van der Waals surface area contributed by atoms with Gasteiger partial charge in [-0.1, -0.05) is 93.9 Å². The smallest absolute Gasteiger partial charge is 0.128 e. The van der Waals surface area contributed by atoms with Gasteiger partial charge in [-0.15, -0.1) is 11.1 Å². The molecule has 0 aliphatic rings. The molecule has 0 amide bonds. The van der Waals surface area contributed by atoms with E-state index in [0.29, 0.717) is 10.1 Å². The molecule has 0 N–H and O–H groups in total. The fourth-order valence-electron chi connectivity index (χ4n) is 2.91. The van der Waals surface area contributed by atoms with Gasteiger partial charge in [-0.3, -0.25) is 0 Å². The molecule has 0 aliphatic heterocycles. The highest BCUT2D eigenvalue weighted by Gasteiger charge is 2.62. The molecule has 0 aromatic heterocycles. The zero-order valence-corrected chi connectivity index (χ0v) is 22.0. The van der Waals surface area contributed by atoms with Crippen LogP contribution >= 0.6 is 0 Å². The van der Waals surface area contributed by atoms with E-state index < -0.39 is 30.4 Å². The molecule has 4 heteroatoms. The van der Waals surface area contributed by atoms with E-state index in [4.69, 9.17) is 0 Å². The zero-order valence-electron chi connectivity index (χ0n) is 18.0. The number of hydrogen-bond donors (Lipinski definition) is 0. The highest BCUT2D eigenvalue weighted by atomic mass is 29.6. The van der Waals surface area contributed by atoms with E-state index in [1.165, 1.54) is 0 Å². The van der Waals surface area contributed by atoms with Crippen LogP contribution < -0.4 is 0 Å². The molecule has 0 atom stereocenters. The summed E-state index contributed by atoms with van der Waals surface area (Å²) >= 11 is 0. The van der Waals surface area contributed by atoms with Gasteiger partial charge >= 0.3 is 0 Å². The van der Waals surface area contributed by atoms with Crippen LogP contribution in [0.25, 0.3) is 0 Å². The molecule has 0 aliphatic carbocycles. The van der Waals surface area contributed by atoms with Crippen molar-refractivity contribution in [1.29, 1.82) is 0 Å². The Balaban J connectivity index is 6.55. The first kappa shape index (κ1) is 22.4. The maximum atomic E-state index is 4.10. The summed E-state index contributed by atoms with van der Waals surface area (Å²) in [4.78, 5) is 0. The normalized spacial score (nSPS) is 15.4. The van der Waals surface area contributed by atoms with E-state index in [-0.39, 0.29) is 0 Å². The predicted molar refractivity (Wildman–Crippen MR) is 117 cm³/mol. The summed E-state index contributed by atoms with van der Waals surface area (Å²) in [7, 11) is -5.87. The van der Waals surface area contributed by atoms with Crippen molar-refractivity contribution in [3.8, 4) is 11.1 Å². The van der Waals surface area contributed by atoms with Crippen molar-refractivity contribution < 1.29 is 0 Å². The van der Waals surface area contributed by atoms with Gasteiger partial charge in [-0.2, -0.15) is 0 Å². The Kier molecular flexibility index (Phi) is 6.17. The largest absolute Gasteiger partial charge is 0.145 e. The van der Waals surface area contributed by atoms with Gasteiger partial charge in [0.2, 0.25) is 0 Å². The molecule has 0 rings (SSSR count). The summed E-state index contributed by atoms with van der Waals surface area (Å²) in [5.74, 6) is 0. The SMILES string of the molecule is CC(C)(C)[Si](C)(C)[Si](C)(C#C[Si](C)(C)C)[Si](C)(C)C(C)(C)C. The third-order valence-electron chi connectivity index (χ3n) is 6.94. The number of hydrogen-bond acceptors (Lipinski definition) is 0. The van der Waals surface area contributed by atoms with Crippen molar-refractivity contribution in [3.63, 3.8) is 0 Å². The average molecular weight is 371 g/mol. The average Bonchev–Trinajstić information content (AvgIpc) is 2.20. The maximum Gasteiger partial charge on any atom is 0.128 e. The molecular weight excluding hydrogens is 329 g/mol. The lowest BCUT2D eigenvalue weighted by Crippen LogP contribution is -2.76. The van der Waals surface area contributed by atoms with Crippen molar-refractivity contribution in [3.05, 3.63) is 0 Å². The van der Waals surface area contributed by atoms with E-state index in [2.05, 4.69) is 105 Å². The van der Waals surface area contributed by atoms with Gasteiger partial charge in [-0.05, 0) is 10.1 Å². The van der Waals surface area contributed by atoms with Gasteiger partial charge in [0, 0.05) is 0 Å². The first-order chi connectivity index (χ1) is 9.21. The van der Waals surface area contributed by atoms with Gasteiger partial charge < -0.3 is 0 Å². The molecule has 0 aromatic carbocycles. The molecule has 0 nitrogen and oxygen atoms in total. The molecule has 0 saturated carbocycles. The highest BCUT2D eigenvalue weighted by Crippen LogP contribution is 2.51. The molecule has 0 spiro atoms. The van der Waals surface area contributed by atoms with Crippen LogP contribution in [-0.4, -0.2) is 30.4 Å². The van der Waals surface area contributed by atoms with E-state index in [1.54, 1.807) is 0 Å². The minimum atomic E-state index is -1.63. The first-order valence-corrected chi connectivity index (χ1v) is 22.8. The fourth-order valence-corrected chi connectivity index (χ4v) is 48.1. The second kappa shape index (κ2) is 6.06. The minimum Gasteiger partial charge on any atom is -0.145 e. The first-order valence-electron chi connectivity index (χ1n) is 8.75. The second-order valence-corrected chi connectivity index (χ2v) is 43.1. The van der Waals surface area contributed by atoms with Gasteiger partial charge in [0.25, 0.3) is 0 Å². The van der Waals surface area contributed by atoms with Crippen LogP contribution in [0.2, 0.25) is 62.5 Å². The van der Waals surface area contributed by atoms with Crippen molar-refractivity contribution in [2.24, 2.45) is 0 Å². The van der Waals surface area contributed by atoms with Crippen LogP contribution in [0.15, 0.2) is 0 Å². The van der Waals surface area contributed by atoms with Gasteiger partial charge in [0.15, 0.2) is 0 Å². The lowest BCUT2D eigenvalue weighted by Gasteiger charge is -2.57. The van der Waals surface area contributed by atoms with E-state index >= 15 is 0 Å². The third kappa shape index (κ3) is 4.09. The van der Waals surface area contributed by atoms with Crippen LogP contribution in [0, 0.1) is 11.1 Å². The Morgan fingerprint density at radius 3 is 0.955 bits per heavy atom. The molecule has 0 radical (unpaired) electrons. The highest BCUT2D eigenvalue weighted by molar-refractivity contribution is 7.72. The fraction of sp³-hybridized carbons (Fsp3) is 0.889. The molecule has 0 bridgehead atoms. The second-order valence-electron chi connectivity index (χ2n) is 11.4. The zero-order chi connectivity index (χ0) is 18.4. The standard InChI is InChI=1S/C18H42Si4/c1-17(2,3)20(10,11)22(14,16-15-19(7,8)9)21(12,13)18(4,5)6/h1-14H3. The van der Waals surface area contributed by atoms with E-state index in [0.717, 1.165) is 0 Å². The van der Waals surface area contributed by atoms with Crippen molar-refractivity contribution in [1.82, 2.24) is 0 Å². The minimum absolute atomic E-state index is 0.428. The van der Waals surface area contributed by atoms with Gasteiger partial charge in [-0.25, -0.2) is 0 Å². The quantitative estimate of drug-likeness (QED) is 0.376. The Bertz CT molecular complexity index is 431. The van der Waals surface area contributed by atoms with Crippen molar-refractivity contribution in [2.75, 3.05) is 0 Å². The van der Waals surface area contributed by atoms with Crippen molar-refractivity contribution >= 4 is 30.4 Å². The van der Waals surface area contributed by atoms with Gasteiger partial charge in [0.1, 0.15) is 15.2 Å². The van der Waals surface area contributed by atoms with Crippen LogP contribution in [0.3, 0.4) is 0 Å². The summed E-state index contributed by atoms with van der Waals surface area (Å²) in [6.07, 6.45) is 0. The Morgan fingerprint density at radius 2 is 0.773 bits per heavy atom. The van der Waals surface area contributed by atoms with E-state index in [9.17, 15) is 0 Å². The van der Waals surface area contributed by atoms with Crippen LogP contribution in [0.5, 0.6) is 0 Å². The molecule has 0 heterocycles. The van der Waals surface area contributed by atoms with Crippen molar-refractivity contribution in [2.45, 2.75) is 104 Å². The Morgan fingerprint density at radius 1 is 0.500 bits per heavy atom. The monoisotopic (exact) mass is 370 g/mol.